The fraction of sp³-hybridized carbons (Fsp3) is 0.562. The predicted molar refractivity (Wildman–Crippen MR) is 83.2 cm³/mol. The van der Waals surface area contributed by atoms with Gasteiger partial charge in [0.2, 0.25) is 0 Å². The van der Waals surface area contributed by atoms with Gasteiger partial charge in [0.25, 0.3) is 5.91 Å². The molecule has 0 bridgehead atoms. The lowest BCUT2D eigenvalue weighted by Crippen LogP contribution is -2.40. The molecule has 4 nitrogen and oxygen atoms in total. The van der Waals surface area contributed by atoms with E-state index in [9.17, 15) is 9.90 Å². The summed E-state index contributed by atoms with van der Waals surface area (Å²) in [5, 5.41) is 12.3. The zero-order valence-corrected chi connectivity index (χ0v) is 13.1. The number of benzene rings is 1. The van der Waals surface area contributed by atoms with E-state index >= 15 is 0 Å². The van der Waals surface area contributed by atoms with E-state index in [1.165, 1.54) is 0 Å². The van der Waals surface area contributed by atoms with Crippen LogP contribution in [0.15, 0.2) is 24.3 Å². The van der Waals surface area contributed by atoms with Crippen LogP contribution in [-0.2, 0) is 0 Å². The van der Waals surface area contributed by atoms with Gasteiger partial charge < -0.3 is 15.3 Å². The molecular weight excluding hydrogens is 252 g/mol. The number of aliphatic hydroxyl groups is 1. The Morgan fingerprint density at radius 2 is 2.00 bits per heavy atom. The third kappa shape index (κ3) is 5.21. The van der Waals surface area contributed by atoms with Crippen LogP contribution in [0.3, 0.4) is 0 Å². The van der Waals surface area contributed by atoms with Crippen LogP contribution in [0.1, 0.15) is 37.6 Å². The first-order valence-corrected chi connectivity index (χ1v) is 6.92. The van der Waals surface area contributed by atoms with E-state index in [-0.39, 0.29) is 24.0 Å². The Labute approximate surface area is 121 Å². The van der Waals surface area contributed by atoms with Crippen LogP contribution in [0.25, 0.3) is 0 Å². The molecule has 0 saturated carbocycles. The number of hydrogen-bond acceptors (Lipinski definition) is 3. The van der Waals surface area contributed by atoms with E-state index in [1.54, 1.807) is 6.07 Å². The summed E-state index contributed by atoms with van der Waals surface area (Å²) in [4.78, 5) is 14.2. The van der Waals surface area contributed by atoms with Crippen molar-refractivity contribution in [2.24, 2.45) is 5.41 Å². The van der Waals surface area contributed by atoms with Crippen molar-refractivity contribution in [3.63, 3.8) is 0 Å². The van der Waals surface area contributed by atoms with E-state index < -0.39 is 0 Å². The summed E-state index contributed by atoms with van der Waals surface area (Å²) < 4.78 is 0. The quantitative estimate of drug-likeness (QED) is 0.869. The average Bonchev–Trinajstić information content (AvgIpc) is 2.36. The number of aliphatic hydroxyl groups excluding tert-OH is 1. The molecule has 2 N–H and O–H groups in total. The number of nitrogens with zero attached hydrogens (tertiary/aromatic N) is 1. The molecule has 0 aliphatic rings. The van der Waals surface area contributed by atoms with Crippen molar-refractivity contribution in [3.8, 4) is 0 Å². The summed E-state index contributed by atoms with van der Waals surface area (Å²) in [6.07, 6.45) is 0.739. The zero-order chi connectivity index (χ0) is 15.3. The Kier molecular flexibility index (Phi) is 5.57. The molecule has 0 fully saturated rings. The number of carbonyl (C=O) groups is 1. The van der Waals surface area contributed by atoms with Crippen molar-refractivity contribution in [1.82, 2.24) is 5.32 Å². The number of carbonyl (C=O) groups excluding carboxylic acids is 1. The molecule has 1 amide bonds. The second-order valence-corrected chi connectivity index (χ2v) is 6.56. The maximum atomic E-state index is 12.2. The Balaban J connectivity index is 2.77. The average molecular weight is 278 g/mol. The highest BCUT2D eigenvalue weighted by Gasteiger charge is 2.20. The summed E-state index contributed by atoms with van der Waals surface area (Å²) in [6.45, 7) is 6.23. The van der Waals surface area contributed by atoms with Crippen molar-refractivity contribution in [2.75, 3.05) is 25.6 Å². The van der Waals surface area contributed by atoms with Gasteiger partial charge in [-0.25, -0.2) is 0 Å². The first-order chi connectivity index (χ1) is 9.23. The van der Waals surface area contributed by atoms with Crippen LogP contribution in [0.5, 0.6) is 0 Å². The smallest absolute Gasteiger partial charge is 0.251 e. The minimum Gasteiger partial charge on any atom is -0.394 e. The maximum Gasteiger partial charge on any atom is 0.251 e. The minimum atomic E-state index is -0.217. The highest BCUT2D eigenvalue weighted by Crippen LogP contribution is 2.21. The van der Waals surface area contributed by atoms with Gasteiger partial charge in [-0.1, -0.05) is 26.8 Å². The summed E-state index contributed by atoms with van der Waals surface area (Å²) in [5.41, 5.74) is 1.66. The fourth-order valence-corrected chi connectivity index (χ4v) is 2.09. The molecule has 0 heterocycles. The second kappa shape index (κ2) is 6.75. The van der Waals surface area contributed by atoms with Crippen molar-refractivity contribution in [1.29, 1.82) is 0 Å². The molecule has 1 aromatic rings. The summed E-state index contributed by atoms with van der Waals surface area (Å²) in [7, 11) is 3.88. The van der Waals surface area contributed by atoms with Gasteiger partial charge in [0, 0.05) is 25.3 Å². The third-order valence-corrected chi connectivity index (χ3v) is 3.04. The lowest BCUT2D eigenvalue weighted by atomic mass is 9.88. The standard InChI is InChI=1S/C16H26N2O2/c1-16(2,3)10-13(11-19)17-15(20)12-7-6-8-14(9-12)18(4)5/h6-9,13,19H,10-11H2,1-5H3,(H,17,20)/t13-/m1/s1. The molecule has 112 valence electrons. The summed E-state index contributed by atoms with van der Waals surface area (Å²) in [6, 6.07) is 7.23. The van der Waals surface area contributed by atoms with Crippen LogP contribution in [-0.4, -0.2) is 37.8 Å². The molecule has 0 saturated heterocycles. The molecule has 0 aromatic heterocycles. The summed E-state index contributed by atoms with van der Waals surface area (Å²) >= 11 is 0. The monoisotopic (exact) mass is 278 g/mol. The van der Waals surface area contributed by atoms with Gasteiger partial charge in [0.05, 0.1) is 12.6 Å². The molecule has 0 unspecified atom stereocenters. The van der Waals surface area contributed by atoms with Crippen LogP contribution < -0.4 is 10.2 Å². The van der Waals surface area contributed by atoms with Crippen molar-refractivity contribution < 1.29 is 9.90 Å². The Hall–Kier alpha value is -1.55. The molecule has 0 radical (unpaired) electrons. The molecular formula is C16H26N2O2. The predicted octanol–water partition coefficient (Wildman–Crippen LogP) is 2.28. The van der Waals surface area contributed by atoms with Crippen LogP contribution in [0, 0.1) is 5.41 Å². The first kappa shape index (κ1) is 16.5. The molecule has 4 heteroatoms. The fourth-order valence-electron chi connectivity index (χ4n) is 2.09. The first-order valence-electron chi connectivity index (χ1n) is 6.92. The van der Waals surface area contributed by atoms with Gasteiger partial charge in [-0.2, -0.15) is 0 Å². The Bertz CT molecular complexity index is 450. The highest BCUT2D eigenvalue weighted by atomic mass is 16.3. The number of anilines is 1. The minimum absolute atomic E-state index is 0.0453. The number of nitrogens with one attached hydrogen (secondary N) is 1. The maximum absolute atomic E-state index is 12.2. The lowest BCUT2D eigenvalue weighted by molar-refractivity contribution is 0.0897. The molecule has 0 spiro atoms. The van der Waals surface area contributed by atoms with Crippen molar-refractivity contribution in [2.45, 2.75) is 33.2 Å². The van der Waals surface area contributed by atoms with Gasteiger partial charge in [0.15, 0.2) is 0 Å². The molecule has 0 aliphatic heterocycles. The molecule has 1 rings (SSSR count). The molecule has 1 atom stereocenters. The van der Waals surface area contributed by atoms with Gasteiger partial charge in [-0.3, -0.25) is 4.79 Å². The highest BCUT2D eigenvalue weighted by molar-refractivity contribution is 5.95. The van der Waals surface area contributed by atoms with Gasteiger partial charge in [-0.15, -0.1) is 0 Å². The normalized spacial score (nSPS) is 12.9. The van der Waals surface area contributed by atoms with Crippen molar-refractivity contribution >= 4 is 11.6 Å². The van der Waals surface area contributed by atoms with Gasteiger partial charge in [-0.05, 0) is 30.0 Å². The largest absolute Gasteiger partial charge is 0.394 e. The summed E-state index contributed by atoms with van der Waals surface area (Å²) in [5.74, 6) is -0.142. The van der Waals surface area contributed by atoms with E-state index in [4.69, 9.17) is 0 Å². The Morgan fingerprint density at radius 3 is 2.50 bits per heavy atom. The van der Waals surface area contributed by atoms with E-state index in [0.29, 0.717) is 5.56 Å². The number of hydrogen-bond donors (Lipinski definition) is 2. The SMILES string of the molecule is CN(C)c1cccc(C(=O)N[C@@H](CO)CC(C)(C)C)c1. The van der Waals surface area contributed by atoms with Crippen LogP contribution in [0.4, 0.5) is 5.69 Å². The second-order valence-electron chi connectivity index (χ2n) is 6.56. The van der Waals surface area contributed by atoms with E-state index in [0.717, 1.165) is 12.1 Å². The van der Waals surface area contributed by atoms with E-state index in [2.05, 4.69) is 26.1 Å². The molecule has 20 heavy (non-hydrogen) atoms. The van der Waals surface area contributed by atoms with Crippen molar-refractivity contribution in [3.05, 3.63) is 29.8 Å². The number of rotatable bonds is 5. The van der Waals surface area contributed by atoms with Crippen LogP contribution in [0.2, 0.25) is 0 Å². The van der Waals surface area contributed by atoms with Crippen LogP contribution >= 0.6 is 0 Å². The zero-order valence-electron chi connectivity index (χ0n) is 13.1. The topological polar surface area (TPSA) is 52.6 Å². The third-order valence-electron chi connectivity index (χ3n) is 3.04. The van der Waals surface area contributed by atoms with Gasteiger partial charge in [0.1, 0.15) is 0 Å². The lowest BCUT2D eigenvalue weighted by Gasteiger charge is -2.25. The Morgan fingerprint density at radius 1 is 1.35 bits per heavy atom. The molecule has 0 aliphatic carbocycles. The van der Waals surface area contributed by atoms with E-state index in [1.807, 2.05) is 37.2 Å². The number of amides is 1. The van der Waals surface area contributed by atoms with Gasteiger partial charge >= 0.3 is 0 Å². The molecule has 1 aromatic carbocycles.